The van der Waals surface area contributed by atoms with Crippen molar-refractivity contribution in [1.82, 2.24) is 19.4 Å². The van der Waals surface area contributed by atoms with Crippen molar-refractivity contribution >= 4 is 21.6 Å². The Morgan fingerprint density at radius 1 is 1.23 bits per heavy atom. The topological polar surface area (TPSA) is 106 Å². The zero-order valence-electron chi connectivity index (χ0n) is 21.4. The summed E-state index contributed by atoms with van der Waals surface area (Å²) in [5, 5.41) is -0.103. The number of nitrogens with one attached hydrogen (secondary N) is 1. The zero-order valence-corrected chi connectivity index (χ0v) is 22.2. The number of benzene rings is 1. The second-order valence-corrected chi connectivity index (χ2v) is 10.9. The molecule has 1 aliphatic rings. The number of aryl methyl sites for hydroxylation is 1. The number of anilines is 1. The summed E-state index contributed by atoms with van der Waals surface area (Å²) in [6.07, 6.45) is 3.69. The average Bonchev–Trinajstić information content (AvgIpc) is 3.27. The first-order valence-corrected chi connectivity index (χ1v) is 13.3. The summed E-state index contributed by atoms with van der Waals surface area (Å²) >= 11 is 0. The van der Waals surface area contributed by atoms with E-state index in [4.69, 9.17) is 9.47 Å². The number of nitrogens with zero attached hydrogens (tertiary/aromatic N) is 4. The van der Waals surface area contributed by atoms with Gasteiger partial charge in [0.1, 0.15) is 12.4 Å². The molecule has 2 aromatic rings. The van der Waals surface area contributed by atoms with Crippen LogP contribution < -0.4 is 9.46 Å². The zero-order chi connectivity index (χ0) is 25.8. The lowest BCUT2D eigenvalue weighted by atomic mass is 10.0. The van der Waals surface area contributed by atoms with Crippen molar-refractivity contribution in [2.45, 2.75) is 44.4 Å². The molecule has 1 aromatic heterocycles. The maximum atomic E-state index is 13.4. The third-order valence-corrected chi connectivity index (χ3v) is 7.56. The monoisotopic (exact) mass is 507 g/mol. The largest absolute Gasteiger partial charge is 0.491 e. The number of aromatic nitrogens is 2. The van der Waals surface area contributed by atoms with Crippen LogP contribution in [-0.4, -0.2) is 86.2 Å². The number of sulfonamides is 1. The van der Waals surface area contributed by atoms with Crippen LogP contribution in [0.25, 0.3) is 0 Å². The van der Waals surface area contributed by atoms with E-state index in [-0.39, 0.29) is 40.2 Å². The first-order valence-electron chi connectivity index (χ1n) is 11.9. The van der Waals surface area contributed by atoms with Crippen molar-refractivity contribution < 1.29 is 22.7 Å². The molecule has 0 bridgehead atoms. The Morgan fingerprint density at radius 3 is 2.60 bits per heavy atom. The van der Waals surface area contributed by atoms with E-state index in [0.29, 0.717) is 18.9 Å². The number of rotatable bonds is 6. The van der Waals surface area contributed by atoms with E-state index in [1.165, 1.54) is 18.6 Å². The normalized spacial score (nSPS) is 22.6. The van der Waals surface area contributed by atoms with Gasteiger partial charge in [0.05, 0.1) is 18.0 Å². The van der Waals surface area contributed by atoms with E-state index in [1.807, 2.05) is 0 Å². The van der Waals surface area contributed by atoms with Crippen molar-refractivity contribution in [1.29, 1.82) is 0 Å². The minimum atomic E-state index is -3.91. The number of hydrogen-bond acceptors (Lipinski definition) is 7. The standard InChI is InChI=1S/C24H37N5O5S/c1-7-10-29-12-17(2)22(33-6)13-28(5)24(30)20-11-19(8-9-21(20)34-15-18(29)3)26-35(31,32)23-14-27(4)16-25-23/h8-9,11,14,16-18,22,26H,7,10,12-13,15H2,1-6H3/t17-,18+,22+/m0/s1. The highest BCUT2D eigenvalue weighted by molar-refractivity contribution is 7.92. The number of imidazole rings is 1. The van der Waals surface area contributed by atoms with Crippen LogP contribution in [0.3, 0.4) is 0 Å². The molecule has 0 spiro atoms. The molecular formula is C24H37N5O5S. The maximum Gasteiger partial charge on any atom is 0.280 e. The Balaban J connectivity index is 1.96. The second-order valence-electron chi connectivity index (χ2n) is 9.29. The molecule has 0 saturated carbocycles. The summed E-state index contributed by atoms with van der Waals surface area (Å²) in [6.45, 7) is 8.95. The fourth-order valence-electron chi connectivity index (χ4n) is 4.25. The number of carbonyl (C=O) groups excluding carboxylic acids is 1. The van der Waals surface area contributed by atoms with Crippen molar-refractivity contribution in [3.8, 4) is 5.75 Å². The van der Waals surface area contributed by atoms with Crippen LogP contribution in [0.15, 0.2) is 35.7 Å². The van der Waals surface area contributed by atoms with Gasteiger partial charge < -0.3 is 18.9 Å². The smallest absolute Gasteiger partial charge is 0.280 e. The van der Waals surface area contributed by atoms with Gasteiger partial charge in [-0.05, 0) is 44.0 Å². The van der Waals surface area contributed by atoms with Crippen molar-refractivity contribution in [2.24, 2.45) is 13.0 Å². The van der Waals surface area contributed by atoms with Crippen LogP contribution in [0.2, 0.25) is 0 Å². The maximum absolute atomic E-state index is 13.4. The fourth-order valence-corrected chi connectivity index (χ4v) is 5.28. The van der Waals surface area contributed by atoms with Gasteiger partial charge in [0, 0.05) is 52.2 Å². The molecule has 0 fully saturated rings. The summed E-state index contributed by atoms with van der Waals surface area (Å²) in [4.78, 5) is 21.3. The predicted molar refractivity (Wildman–Crippen MR) is 134 cm³/mol. The summed E-state index contributed by atoms with van der Waals surface area (Å²) < 4.78 is 41.5. The SMILES string of the molecule is CCCN1C[C@H](C)[C@H](OC)CN(C)C(=O)c2cc(NS(=O)(=O)c3cn(C)cn3)ccc2OC[C@H]1C. The van der Waals surface area contributed by atoms with Gasteiger partial charge in [-0.2, -0.15) is 8.42 Å². The molecular weight excluding hydrogens is 470 g/mol. The lowest BCUT2D eigenvalue weighted by Gasteiger charge is -2.35. The molecule has 0 aliphatic carbocycles. The van der Waals surface area contributed by atoms with E-state index in [9.17, 15) is 13.2 Å². The van der Waals surface area contributed by atoms with Crippen LogP contribution >= 0.6 is 0 Å². The van der Waals surface area contributed by atoms with Gasteiger partial charge in [-0.15, -0.1) is 0 Å². The van der Waals surface area contributed by atoms with Crippen LogP contribution in [0, 0.1) is 5.92 Å². The Labute approximate surface area is 208 Å². The lowest BCUT2D eigenvalue weighted by molar-refractivity contribution is 0.0108. The number of ether oxygens (including phenoxy) is 2. The van der Waals surface area contributed by atoms with Crippen LogP contribution in [-0.2, 0) is 21.8 Å². The minimum Gasteiger partial charge on any atom is -0.491 e. The Morgan fingerprint density at radius 2 is 1.97 bits per heavy atom. The van der Waals surface area contributed by atoms with Gasteiger partial charge in [0.15, 0.2) is 5.03 Å². The number of likely N-dealkylation sites (N-methyl/N-ethyl adjacent to an activating group) is 1. The minimum absolute atomic E-state index is 0.103. The van der Waals surface area contributed by atoms with Gasteiger partial charge in [0.2, 0.25) is 0 Å². The van der Waals surface area contributed by atoms with E-state index in [2.05, 4.69) is 35.4 Å². The molecule has 3 rings (SSSR count). The first-order chi connectivity index (χ1) is 16.6. The van der Waals surface area contributed by atoms with Gasteiger partial charge in [-0.3, -0.25) is 14.4 Å². The van der Waals surface area contributed by atoms with Crippen LogP contribution in [0.4, 0.5) is 5.69 Å². The van der Waals surface area contributed by atoms with Crippen molar-refractivity contribution in [2.75, 3.05) is 45.1 Å². The predicted octanol–water partition coefficient (Wildman–Crippen LogP) is 2.44. The van der Waals surface area contributed by atoms with Crippen molar-refractivity contribution in [3.63, 3.8) is 0 Å². The summed E-state index contributed by atoms with van der Waals surface area (Å²) in [7, 11) is 1.17. The molecule has 1 N–H and O–H groups in total. The van der Waals surface area contributed by atoms with Gasteiger partial charge in [0.25, 0.3) is 15.9 Å². The van der Waals surface area contributed by atoms with E-state index in [0.717, 1.165) is 19.5 Å². The highest BCUT2D eigenvalue weighted by Crippen LogP contribution is 2.27. The number of fused-ring (bicyclic) bond motifs is 1. The average molecular weight is 508 g/mol. The molecule has 10 nitrogen and oxygen atoms in total. The molecule has 194 valence electrons. The number of methoxy groups -OCH3 is 1. The number of carbonyl (C=O) groups is 1. The molecule has 1 aromatic carbocycles. The third kappa shape index (κ3) is 6.53. The number of amides is 1. The van der Waals surface area contributed by atoms with Crippen LogP contribution in [0.1, 0.15) is 37.6 Å². The third-order valence-electron chi connectivity index (χ3n) is 6.29. The van der Waals surface area contributed by atoms with Gasteiger partial charge in [-0.1, -0.05) is 13.8 Å². The Kier molecular flexibility index (Phi) is 8.79. The molecule has 11 heteroatoms. The Bertz CT molecular complexity index is 1120. The molecule has 0 radical (unpaired) electrons. The Hall–Kier alpha value is -2.63. The fraction of sp³-hybridized carbons (Fsp3) is 0.583. The molecule has 2 heterocycles. The van der Waals surface area contributed by atoms with Gasteiger partial charge in [-0.25, -0.2) is 4.98 Å². The summed E-state index contributed by atoms with van der Waals surface area (Å²) in [5.74, 6) is 0.333. The van der Waals surface area contributed by atoms with Gasteiger partial charge >= 0.3 is 0 Å². The number of hydrogen-bond donors (Lipinski definition) is 1. The van der Waals surface area contributed by atoms with Crippen LogP contribution in [0.5, 0.6) is 5.75 Å². The molecule has 0 saturated heterocycles. The van der Waals surface area contributed by atoms with Crippen molar-refractivity contribution in [3.05, 3.63) is 36.3 Å². The van der Waals surface area contributed by atoms with E-state index in [1.54, 1.807) is 42.8 Å². The highest BCUT2D eigenvalue weighted by Gasteiger charge is 2.28. The summed E-state index contributed by atoms with van der Waals surface area (Å²) in [6, 6.07) is 4.86. The summed E-state index contributed by atoms with van der Waals surface area (Å²) in [5.41, 5.74) is 0.537. The molecule has 3 atom stereocenters. The lowest BCUT2D eigenvalue weighted by Crippen LogP contribution is -2.46. The highest BCUT2D eigenvalue weighted by atomic mass is 32.2. The molecule has 1 amide bonds. The first kappa shape index (κ1) is 27.0. The molecule has 0 unspecified atom stereocenters. The molecule has 35 heavy (non-hydrogen) atoms. The second kappa shape index (κ2) is 11.4. The quantitative estimate of drug-likeness (QED) is 0.640. The van der Waals surface area contributed by atoms with E-state index >= 15 is 0 Å². The molecule has 1 aliphatic heterocycles. The van der Waals surface area contributed by atoms with E-state index < -0.39 is 10.0 Å².